The van der Waals surface area contributed by atoms with Crippen LogP contribution >= 0.6 is 0 Å². The summed E-state index contributed by atoms with van der Waals surface area (Å²) >= 11 is 0. The first kappa shape index (κ1) is 15.3. The number of benzene rings is 1. The van der Waals surface area contributed by atoms with Gasteiger partial charge in [-0.15, -0.1) is 0 Å². The standard InChI is InChI=1S/C17H24N4/c1-4-6-14-20(3)17-18-13-12-16(19-17)21(5-2)15-10-8-7-9-11-15/h7-13H,4-6,14H2,1-3H3. The molecule has 0 radical (unpaired) electrons. The molecule has 112 valence electrons. The summed E-state index contributed by atoms with van der Waals surface area (Å²) in [7, 11) is 2.05. The predicted molar refractivity (Wildman–Crippen MR) is 89.3 cm³/mol. The van der Waals surface area contributed by atoms with Crippen molar-refractivity contribution in [1.29, 1.82) is 0 Å². The summed E-state index contributed by atoms with van der Waals surface area (Å²) in [6.07, 6.45) is 4.17. The van der Waals surface area contributed by atoms with Crippen LogP contribution in [0.1, 0.15) is 26.7 Å². The number of para-hydroxylation sites is 1. The third-order valence-corrected chi connectivity index (χ3v) is 3.48. The molecule has 0 aliphatic heterocycles. The maximum absolute atomic E-state index is 4.71. The molecule has 0 unspecified atom stereocenters. The van der Waals surface area contributed by atoms with Crippen molar-refractivity contribution in [2.75, 3.05) is 29.9 Å². The number of anilines is 3. The molecule has 1 heterocycles. The zero-order valence-electron chi connectivity index (χ0n) is 13.2. The third-order valence-electron chi connectivity index (χ3n) is 3.48. The van der Waals surface area contributed by atoms with Gasteiger partial charge in [-0.25, -0.2) is 4.98 Å². The van der Waals surface area contributed by atoms with Gasteiger partial charge in [-0.05, 0) is 31.5 Å². The Bertz CT molecular complexity index is 541. The van der Waals surface area contributed by atoms with Gasteiger partial charge in [0.25, 0.3) is 0 Å². The molecular formula is C17H24N4. The van der Waals surface area contributed by atoms with Gasteiger partial charge in [0, 0.05) is 32.0 Å². The first-order chi connectivity index (χ1) is 10.3. The van der Waals surface area contributed by atoms with Gasteiger partial charge in [-0.2, -0.15) is 4.98 Å². The second kappa shape index (κ2) is 7.62. The summed E-state index contributed by atoms with van der Waals surface area (Å²) in [6, 6.07) is 12.3. The van der Waals surface area contributed by atoms with Crippen LogP contribution < -0.4 is 9.80 Å². The second-order valence-electron chi connectivity index (χ2n) is 5.07. The minimum atomic E-state index is 0.787. The van der Waals surface area contributed by atoms with Crippen LogP contribution in [0.5, 0.6) is 0 Å². The van der Waals surface area contributed by atoms with E-state index in [0.717, 1.165) is 37.0 Å². The van der Waals surface area contributed by atoms with Crippen molar-refractivity contribution in [3.8, 4) is 0 Å². The minimum absolute atomic E-state index is 0.787. The average Bonchev–Trinajstić information content (AvgIpc) is 2.54. The quantitative estimate of drug-likeness (QED) is 0.772. The molecule has 0 N–H and O–H groups in total. The molecule has 4 heteroatoms. The summed E-state index contributed by atoms with van der Waals surface area (Å²) < 4.78 is 0. The van der Waals surface area contributed by atoms with Crippen molar-refractivity contribution >= 4 is 17.5 Å². The summed E-state index contributed by atoms with van der Waals surface area (Å²) in [5, 5.41) is 0. The van der Waals surface area contributed by atoms with Gasteiger partial charge in [0.2, 0.25) is 5.95 Å². The second-order valence-corrected chi connectivity index (χ2v) is 5.07. The van der Waals surface area contributed by atoms with Crippen LogP contribution in [-0.4, -0.2) is 30.1 Å². The number of hydrogen-bond acceptors (Lipinski definition) is 4. The summed E-state index contributed by atoms with van der Waals surface area (Å²) in [5.41, 5.74) is 1.15. The normalized spacial score (nSPS) is 10.4. The Labute approximate surface area is 127 Å². The molecule has 0 saturated heterocycles. The highest BCUT2D eigenvalue weighted by molar-refractivity contribution is 5.60. The molecule has 0 aliphatic carbocycles. The third kappa shape index (κ3) is 3.94. The van der Waals surface area contributed by atoms with Crippen molar-refractivity contribution in [2.45, 2.75) is 26.7 Å². The zero-order valence-corrected chi connectivity index (χ0v) is 13.2. The molecule has 0 fully saturated rings. The van der Waals surface area contributed by atoms with Crippen molar-refractivity contribution in [2.24, 2.45) is 0 Å². The maximum Gasteiger partial charge on any atom is 0.227 e. The topological polar surface area (TPSA) is 32.3 Å². The summed E-state index contributed by atoms with van der Waals surface area (Å²) in [4.78, 5) is 13.4. The lowest BCUT2D eigenvalue weighted by atomic mass is 10.3. The van der Waals surface area contributed by atoms with Crippen LogP contribution in [0.2, 0.25) is 0 Å². The first-order valence-electron chi connectivity index (χ1n) is 7.63. The van der Waals surface area contributed by atoms with E-state index in [2.05, 4.69) is 40.8 Å². The molecule has 21 heavy (non-hydrogen) atoms. The van der Waals surface area contributed by atoms with E-state index in [0.29, 0.717) is 0 Å². The van der Waals surface area contributed by atoms with E-state index < -0.39 is 0 Å². The number of hydrogen-bond donors (Lipinski definition) is 0. The van der Waals surface area contributed by atoms with Crippen molar-refractivity contribution in [3.05, 3.63) is 42.6 Å². The largest absolute Gasteiger partial charge is 0.344 e. The monoisotopic (exact) mass is 284 g/mol. The first-order valence-corrected chi connectivity index (χ1v) is 7.63. The van der Waals surface area contributed by atoms with E-state index in [4.69, 9.17) is 4.98 Å². The molecule has 0 atom stereocenters. The Morgan fingerprint density at radius 2 is 1.81 bits per heavy atom. The van der Waals surface area contributed by atoms with E-state index in [1.165, 1.54) is 6.42 Å². The van der Waals surface area contributed by atoms with Gasteiger partial charge in [0.15, 0.2) is 0 Å². The molecule has 2 aromatic rings. The van der Waals surface area contributed by atoms with E-state index in [1.807, 2.05) is 37.5 Å². The highest BCUT2D eigenvalue weighted by Crippen LogP contribution is 2.23. The van der Waals surface area contributed by atoms with Crippen LogP contribution in [0.15, 0.2) is 42.6 Å². The number of nitrogens with zero attached hydrogens (tertiary/aromatic N) is 4. The van der Waals surface area contributed by atoms with Crippen molar-refractivity contribution in [3.63, 3.8) is 0 Å². The van der Waals surface area contributed by atoms with E-state index in [9.17, 15) is 0 Å². The van der Waals surface area contributed by atoms with Gasteiger partial charge in [-0.1, -0.05) is 31.5 Å². The number of unbranched alkanes of at least 4 members (excludes halogenated alkanes) is 1. The molecule has 1 aromatic heterocycles. The smallest absolute Gasteiger partial charge is 0.227 e. The lowest BCUT2D eigenvalue weighted by Gasteiger charge is -2.24. The lowest BCUT2D eigenvalue weighted by molar-refractivity contribution is 0.749. The maximum atomic E-state index is 4.71. The summed E-state index contributed by atoms with van der Waals surface area (Å²) in [6.45, 7) is 6.19. The van der Waals surface area contributed by atoms with Gasteiger partial charge in [-0.3, -0.25) is 0 Å². The van der Waals surface area contributed by atoms with Gasteiger partial charge < -0.3 is 9.80 Å². The average molecular weight is 284 g/mol. The number of aromatic nitrogens is 2. The highest BCUT2D eigenvalue weighted by Gasteiger charge is 2.11. The molecule has 0 amide bonds. The van der Waals surface area contributed by atoms with E-state index in [-0.39, 0.29) is 0 Å². The lowest BCUT2D eigenvalue weighted by Crippen LogP contribution is -2.23. The zero-order chi connectivity index (χ0) is 15.1. The molecule has 4 nitrogen and oxygen atoms in total. The van der Waals surface area contributed by atoms with Crippen LogP contribution in [0.4, 0.5) is 17.5 Å². The van der Waals surface area contributed by atoms with Crippen molar-refractivity contribution in [1.82, 2.24) is 9.97 Å². The van der Waals surface area contributed by atoms with Crippen molar-refractivity contribution < 1.29 is 0 Å². The van der Waals surface area contributed by atoms with Crippen LogP contribution in [0, 0.1) is 0 Å². The number of rotatable bonds is 7. The molecule has 0 spiro atoms. The van der Waals surface area contributed by atoms with Crippen LogP contribution in [-0.2, 0) is 0 Å². The molecule has 0 bridgehead atoms. The fourth-order valence-corrected chi connectivity index (χ4v) is 2.25. The van der Waals surface area contributed by atoms with E-state index >= 15 is 0 Å². The SMILES string of the molecule is CCCCN(C)c1nccc(N(CC)c2ccccc2)n1. The molecule has 2 rings (SSSR count). The van der Waals surface area contributed by atoms with Gasteiger partial charge in [0.05, 0.1) is 0 Å². The fraction of sp³-hybridized carbons (Fsp3) is 0.412. The van der Waals surface area contributed by atoms with Gasteiger partial charge >= 0.3 is 0 Å². The fourth-order valence-electron chi connectivity index (χ4n) is 2.25. The van der Waals surface area contributed by atoms with E-state index in [1.54, 1.807) is 0 Å². The molecular weight excluding hydrogens is 260 g/mol. The Kier molecular flexibility index (Phi) is 5.55. The molecule has 0 saturated carbocycles. The summed E-state index contributed by atoms with van der Waals surface area (Å²) in [5.74, 6) is 1.73. The minimum Gasteiger partial charge on any atom is -0.344 e. The Balaban J connectivity index is 2.23. The predicted octanol–water partition coefficient (Wildman–Crippen LogP) is 3.87. The Hall–Kier alpha value is -2.10. The molecule has 0 aliphatic rings. The Morgan fingerprint density at radius 3 is 2.48 bits per heavy atom. The van der Waals surface area contributed by atoms with Gasteiger partial charge in [0.1, 0.15) is 5.82 Å². The highest BCUT2D eigenvalue weighted by atomic mass is 15.3. The molecule has 1 aromatic carbocycles. The van der Waals surface area contributed by atoms with Crippen LogP contribution in [0.3, 0.4) is 0 Å². The van der Waals surface area contributed by atoms with Crippen LogP contribution in [0.25, 0.3) is 0 Å². The Morgan fingerprint density at radius 1 is 1.05 bits per heavy atom.